The monoisotopic (exact) mass is 242 g/mol. The van der Waals surface area contributed by atoms with Crippen LogP contribution in [0.4, 0.5) is 0 Å². The van der Waals surface area contributed by atoms with Gasteiger partial charge in [0, 0.05) is 0 Å². The van der Waals surface area contributed by atoms with Gasteiger partial charge in [-0.15, -0.1) is 11.6 Å². The molecule has 0 aromatic carbocycles. The molecule has 4 aliphatic carbocycles. The van der Waals surface area contributed by atoms with Crippen LogP contribution in [0.15, 0.2) is 0 Å². The number of halogens is 1. The molecule has 16 heavy (non-hydrogen) atoms. The van der Waals surface area contributed by atoms with Crippen molar-refractivity contribution in [2.45, 2.75) is 50.8 Å². The van der Waals surface area contributed by atoms with Crippen LogP contribution in [0, 0.1) is 22.7 Å². The van der Waals surface area contributed by atoms with Gasteiger partial charge in [0.2, 0.25) is 0 Å². The van der Waals surface area contributed by atoms with E-state index in [9.17, 15) is 9.90 Å². The zero-order valence-corrected chi connectivity index (χ0v) is 10.5. The zero-order valence-electron chi connectivity index (χ0n) is 9.71. The highest BCUT2D eigenvalue weighted by atomic mass is 35.5. The predicted molar refractivity (Wildman–Crippen MR) is 62.5 cm³/mol. The van der Waals surface area contributed by atoms with Gasteiger partial charge in [0.05, 0.1) is 0 Å². The van der Waals surface area contributed by atoms with Crippen molar-refractivity contribution in [3.63, 3.8) is 0 Å². The third-order valence-electron chi connectivity index (χ3n) is 5.15. The van der Waals surface area contributed by atoms with Crippen LogP contribution >= 0.6 is 11.6 Å². The van der Waals surface area contributed by atoms with Crippen LogP contribution in [0.5, 0.6) is 0 Å². The molecule has 5 atom stereocenters. The van der Waals surface area contributed by atoms with Gasteiger partial charge in [-0.3, -0.25) is 4.79 Å². The van der Waals surface area contributed by atoms with E-state index < -0.39 is 11.3 Å². The maximum Gasteiger partial charge on any atom is 0.322 e. The first-order valence-electron chi connectivity index (χ1n) is 6.29. The smallest absolute Gasteiger partial charge is 0.322 e. The molecular formula is C13H19ClO2. The van der Waals surface area contributed by atoms with Gasteiger partial charge < -0.3 is 5.11 Å². The van der Waals surface area contributed by atoms with Gasteiger partial charge in [0.15, 0.2) is 0 Å². The summed E-state index contributed by atoms with van der Waals surface area (Å²) in [6.07, 6.45) is 7.07. The summed E-state index contributed by atoms with van der Waals surface area (Å²) in [7, 11) is 0. The Balaban J connectivity index is 1.94. The Bertz CT molecular complexity index is 325. The number of carbonyl (C=O) groups is 1. The van der Waals surface area contributed by atoms with Crippen molar-refractivity contribution in [3.05, 3.63) is 0 Å². The van der Waals surface area contributed by atoms with E-state index in [0.717, 1.165) is 31.1 Å². The van der Waals surface area contributed by atoms with Crippen LogP contribution < -0.4 is 0 Å². The number of alkyl halides is 1. The summed E-state index contributed by atoms with van der Waals surface area (Å²) in [6, 6.07) is 0. The lowest BCUT2D eigenvalue weighted by molar-refractivity contribution is -0.149. The van der Waals surface area contributed by atoms with Crippen LogP contribution in [0.1, 0.15) is 45.4 Å². The van der Waals surface area contributed by atoms with Gasteiger partial charge in [0.25, 0.3) is 0 Å². The third kappa shape index (κ3) is 1.42. The van der Waals surface area contributed by atoms with E-state index in [1.165, 1.54) is 19.3 Å². The number of carboxylic acid groups (broad SMARTS) is 1. The molecule has 4 rings (SSSR count). The maximum absolute atomic E-state index is 11.2. The van der Waals surface area contributed by atoms with E-state index in [2.05, 4.69) is 6.92 Å². The Morgan fingerprint density at radius 3 is 2.31 bits per heavy atom. The molecule has 0 amide bonds. The molecule has 0 aromatic rings. The van der Waals surface area contributed by atoms with Gasteiger partial charge in [-0.05, 0) is 61.2 Å². The second-order valence-corrected chi connectivity index (χ2v) is 7.27. The van der Waals surface area contributed by atoms with Crippen molar-refractivity contribution in [1.29, 1.82) is 0 Å². The summed E-state index contributed by atoms with van der Waals surface area (Å²) < 4.78 is 0. The van der Waals surface area contributed by atoms with E-state index >= 15 is 0 Å². The second kappa shape index (κ2) is 3.16. The number of hydrogen-bond acceptors (Lipinski definition) is 1. The SMILES string of the molecule is CC12C[C@H]3C[C@@H](C1)CC([C@H](Cl)C(=O)O)(C3)C2. The van der Waals surface area contributed by atoms with Crippen molar-refractivity contribution in [1.82, 2.24) is 0 Å². The van der Waals surface area contributed by atoms with Gasteiger partial charge >= 0.3 is 5.97 Å². The summed E-state index contributed by atoms with van der Waals surface area (Å²) >= 11 is 6.20. The molecule has 0 aliphatic heterocycles. The quantitative estimate of drug-likeness (QED) is 0.755. The Labute approximate surface area is 101 Å². The van der Waals surface area contributed by atoms with Crippen molar-refractivity contribution >= 4 is 17.6 Å². The summed E-state index contributed by atoms with van der Waals surface area (Å²) in [6.45, 7) is 2.34. The summed E-state index contributed by atoms with van der Waals surface area (Å²) in [4.78, 5) is 11.2. The molecule has 1 N–H and O–H groups in total. The van der Waals surface area contributed by atoms with E-state index in [1.54, 1.807) is 0 Å². The highest BCUT2D eigenvalue weighted by Crippen LogP contribution is 2.66. The standard InChI is InChI=1S/C13H19ClO2/c1-12-3-8-2-9(4-12)6-13(5-8,7-12)10(14)11(15)16/h8-10H,2-7H2,1H3,(H,15,16)/t8-,9+,10-,12?,13?/m1/s1. The van der Waals surface area contributed by atoms with Crippen molar-refractivity contribution in [3.8, 4) is 0 Å². The van der Waals surface area contributed by atoms with Crippen LogP contribution in [0.3, 0.4) is 0 Å². The highest BCUT2D eigenvalue weighted by Gasteiger charge is 2.59. The molecule has 2 nitrogen and oxygen atoms in total. The molecule has 0 aromatic heterocycles. The Hall–Kier alpha value is -0.240. The highest BCUT2D eigenvalue weighted by molar-refractivity contribution is 6.30. The Morgan fingerprint density at radius 2 is 1.88 bits per heavy atom. The van der Waals surface area contributed by atoms with Crippen molar-refractivity contribution < 1.29 is 9.90 Å². The van der Waals surface area contributed by atoms with Crippen LogP contribution in [-0.4, -0.2) is 16.5 Å². The molecule has 0 heterocycles. The van der Waals surface area contributed by atoms with E-state index in [1.807, 2.05) is 0 Å². The topological polar surface area (TPSA) is 37.3 Å². The van der Waals surface area contributed by atoms with E-state index in [4.69, 9.17) is 11.6 Å². The van der Waals surface area contributed by atoms with Gasteiger partial charge in [-0.25, -0.2) is 0 Å². The Kier molecular flexibility index (Phi) is 2.15. The summed E-state index contributed by atoms with van der Waals surface area (Å²) in [5, 5.41) is 8.53. The normalized spacial score (nSPS) is 51.6. The third-order valence-corrected chi connectivity index (χ3v) is 5.80. The van der Waals surface area contributed by atoms with Gasteiger partial charge in [0.1, 0.15) is 5.38 Å². The van der Waals surface area contributed by atoms with Crippen LogP contribution in [0.2, 0.25) is 0 Å². The van der Waals surface area contributed by atoms with Gasteiger partial charge in [-0.2, -0.15) is 0 Å². The predicted octanol–water partition coefficient (Wildman–Crippen LogP) is 3.28. The lowest BCUT2D eigenvalue weighted by atomic mass is 9.44. The fourth-order valence-corrected chi connectivity index (χ4v) is 5.61. The fraction of sp³-hybridized carbons (Fsp3) is 0.923. The maximum atomic E-state index is 11.2. The lowest BCUT2D eigenvalue weighted by Crippen LogP contribution is -2.55. The number of carboxylic acids is 1. The van der Waals surface area contributed by atoms with Crippen LogP contribution in [-0.2, 0) is 4.79 Å². The van der Waals surface area contributed by atoms with Crippen LogP contribution in [0.25, 0.3) is 0 Å². The fourth-order valence-electron chi connectivity index (χ4n) is 5.36. The number of aliphatic carboxylic acids is 1. The minimum Gasteiger partial charge on any atom is -0.480 e. The molecule has 4 fully saturated rings. The average Bonchev–Trinajstić information content (AvgIpc) is 2.12. The minimum absolute atomic E-state index is 0.0910. The van der Waals surface area contributed by atoms with Gasteiger partial charge in [-0.1, -0.05) is 6.92 Å². The largest absolute Gasteiger partial charge is 0.480 e. The van der Waals surface area contributed by atoms with E-state index in [-0.39, 0.29) is 5.41 Å². The Morgan fingerprint density at radius 1 is 1.31 bits per heavy atom. The lowest BCUT2D eigenvalue weighted by Gasteiger charge is -2.62. The molecule has 2 unspecified atom stereocenters. The van der Waals surface area contributed by atoms with Crippen molar-refractivity contribution in [2.75, 3.05) is 0 Å². The molecule has 0 saturated heterocycles. The van der Waals surface area contributed by atoms with E-state index in [0.29, 0.717) is 5.41 Å². The molecule has 0 radical (unpaired) electrons. The van der Waals surface area contributed by atoms with Crippen molar-refractivity contribution in [2.24, 2.45) is 22.7 Å². The number of rotatable bonds is 2. The zero-order chi connectivity index (χ0) is 11.6. The molecule has 4 saturated carbocycles. The minimum atomic E-state index is -0.813. The molecule has 0 spiro atoms. The average molecular weight is 243 g/mol. The molecule has 3 heteroatoms. The molecule has 90 valence electrons. The second-order valence-electron chi connectivity index (χ2n) is 6.83. The first-order valence-corrected chi connectivity index (χ1v) is 6.73. The summed E-state index contributed by atoms with van der Waals surface area (Å²) in [5.41, 5.74) is 0.291. The number of hydrogen-bond donors (Lipinski definition) is 1. The molecule has 4 bridgehead atoms. The first kappa shape index (κ1) is 10.9. The first-order chi connectivity index (χ1) is 7.42. The molecule has 4 aliphatic rings. The summed E-state index contributed by atoms with van der Waals surface area (Å²) in [5.74, 6) is 0.672. The molecular weight excluding hydrogens is 224 g/mol.